The topological polar surface area (TPSA) is 82.2 Å². The van der Waals surface area contributed by atoms with Crippen molar-refractivity contribution >= 4 is 20.9 Å². The van der Waals surface area contributed by atoms with Crippen LogP contribution in [0.4, 0.5) is 13.2 Å². The summed E-state index contributed by atoms with van der Waals surface area (Å²) in [6.07, 6.45) is 2.58. The highest BCUT2D eigenvalue weighted by atomic mass is 32.2. The predicted molar refractivity (Wildman–Crippen MR) is 133 cm³/mol. The van der Waals surface area contributed by atoms with Crippen molar-refractivity contribution in [3.63, 3.8) is 0 Å². The molecule has 0 radical (unpaired) electrons. The smallest absolute Gasteiger partial charge is 0.406 e. The van der Waals surface area contributed by atoms with E-state index in [2.05, 4.69) is 14.7 Å². The number of benzene rings is 1. The van der Waals surface area contributed by atoms with Crippen molar-refractivity contribution < 1.29 is 26.3 Å². The highest BCUT2D eigenvalue weighted by Crippen LogP contribution is 2.30. The van der Waals surface area contributed by atoms with E-state index in [1.54, 1.807) is 23.0 Å². The first kappa shape index (κ1) is 25.3. The Labute approximate surface area is 212 Å². The standard InChI is InChI=1S/C25H26F3N5O3S/c1-31-17-20(15-29-31)33-16-19(3-2-10-32-11-13-37(34,35)14-12-32)22-8-9-23(30-24(22)33)18-4-6-21(7-5-18)36-25(26,27)28/h4-9,15-17H,2-3,10-14H2,1H3. The number of halogens is 3. The molecule has 0 amide bonds. The van der Waals surface area contributed by atoms with Gasteiger partial charge in [-0.05, 0) is 61.3 Å². The van der Waals surface area contributed by atoms with Crippen LogP contribution in [-0.2, 0) is 23.3 Å². The maximum absolute atomic E-state index is 12.5. The monoisotopic (exact) mass is 533 g/mol. The van der Waals surface area contributed by atoms with E-state index < -0.39 is 16.2 Å². The van der Waals surface area contributed by atoms with Gasteiger partial charge in [0.15, 0.2) is 9.84 Å². The van der Waals surface area contributed by atoms with Crippen LogP contribution in [-0.4, -0.2) is 70.2 Å². The maximum atomic E-state index is 12.5. The molecule has 5 rings (SSSR count). The number of alkyl halides is 3. The molecule has 4 heterocycles. The fraction of sp³-hybridized carbons (Fsp3) is 0.360. The summed E-state index contributed by atoms with van der Waals surface area (Å²) >= 11 is 0. The summed E-state index contributed by atoms with van der Waals surface area (Å²) < 4.78 is 68.5. The Morgan fingerprint density at radius 1 is 1.03 bits per heavy atom. The molecule has 1 fully saturated rings. The van der Waals surface area contributed by atoms with E-state index in [1.165, 1.54) is 12.1 Å². The number of aromatic nitrogens is 4. The minimum Gasteiger partial charge on any atom is -0.406 e. The zero-order valence-corrected chi connectivity index (χ0v) is 21.0. The Hall–Kier alpha value is -3.38. The minimum absolute atomic E-state index is 0.212. The maximum Gasteiger partial charge on any atom is 0.573 e. The number of ether oxygens (including phenoxy) is 1. The van der Waals surface area contributed by atoms with E-state index in [9.17, 15) is 21.6 Å². The molecule has 0 spiro atoms. The van der Waals surface area contributed by atoms with Crippen molar-refractivity contribution in [1.82, 2.24) is 24.2 Å². The van der Waals surface area contributed by atoms with Crippen LogP contribution < -0.4 is 4.74 Å². The third kappa shape index (κ3) is 5.96. The molecule has 1 aliphatic rings. The largest absolute Gasteiger partial charge is 0.573 e. The average Bonchev–Trinajstić information content (AvgIpc) is 3.43. The van der Waals surface area contributed by atoms with Crippen LogP contribution in [0.2, 0.25) is 0 Å². The minimum atomic E-state index is -4.74. The number of hydrogen-bond donors (Lipinski definition) is 0. The highest BCUT2D eigenvalue weighted by Gasteiger charge is 2.31. The molecule has 37 heavy (non-hydrogen) atoms. The average molecular weight is 534 g/mol. The van der Waals surface area contributed by atoms with Crippen LogP contribution in [0.25, 0.3) is 28.0 Å². The van der Waals surface area contributed by atoms with Crippen molar-refractivity contribution in [3.05, 3.63) is 60.6 Å². The first-order valence-corrected chi connectivity index (χ1v) is 13.7. The Balaban J connectivity index is 1.40. The number of hydrogen-bond acceptors (Lipinski definition) is 6. The lowest BCUT2D eigenvalue weighted by Gasteiger charge is -2.26. The summed E-state index contributed by atoms with van der Waals surface area (Å²) in [5, 5.41) is 5.25. The normalized spacial score (nSPS) is 16.3. The van der Waals surface area contributed by atoms with Gasteiger partial charge in [0, 0.05) is 43.5 Å². The molecule has 0 atom stereocenters. The fourth-order valence-corrected chi connectivity index (χ4v) is 5.83. The van der Waals surface area contributed by atoms with Gasteiger partial charge in [0.2, 0.25) is 0 Å². The lowest BCUT2D eigenvalue weighted by Crippen LogP contribution is -2.40. The molecular formula is C25H26F3N5O3S. The first-order valence-electron chi connectivity index (χ1n) is 11.9. The molecule has 0 bridgehead atoms. The summed E-state index contributed by atoms with van der Waals surface area (Å²) in [6, 6.07) is 9.47. The number of sulfone groups is 1. The molecule has 12 heteroatoms. The number of nitrogens with zero attached hydrogens (tertiary/aromatic N) is 5. The molecule has 0 saturated carbocycles. The van der Waals surface area contributed by atoms with E-state index in [0.29, 0.717) is 24.3 Å². The summed E-state index contributed by atoms with van der Waals surface area (Å²) in [6.45, 7) is 1.95. The second-order valence-corrected chi connectivity index (χ2v) is 11.4. The van der Waals surface area contributed by atoms with Gasteiger partial charge in [-0.1, -0.05) is 0 Å². The predicted octanol–water partition coefficient (Wildman–Crippen LogP) is 3.99. The second-order valence-electron chi connectivity index (χ2n) is 9.13. The third-order valence-corrected chi connectivity index (χ3v) is 8.05. The number of rotatable bonds is 7. The Morgan fingerprint density at radius 2 is 1.76 bits per heavy atom. The molecular weight excluding hydrogens is 507 g/mol. The molecule has 1 saturated heterocycles. The van der Waals surface area contributed by atoms with Gasteiger partial charge in [-0.3, -0.25) is 9.25 Å². The van der Waals surface area contributed by atoms with Gasteiger partial charge < -0.3 is 9.64 Å². The molecule has 4 aromatic rings. The first-order chi connectivity index (χ1) is 17.6. The van der Waals surface area contributed by atoms with E-state index >= 15 is 0 Å². The van der Waals surface area contributed by atoms with Gasteiger partial charge in [0.25, 0.3) is 0 Å². The van der Waals surface area contributed by atoms with Crippen LogP contribution >= 0.6 is 0 Å². The Bertz CT molecular complexity index is 1500. The Morgan fingerprint density at radius 3 is 2.41 bits per heavy atom. The van der Waals surface area contributed by atoms with E-state index in [0.717, 1.165) is 41.7 Å². The van der Waals surface area contributed by atoms with Crippen LogP contribution in [0.15, 0.2) is 55.0 Å². The van der Waals surface area contributed by atoms with Crippen LogP contribution in [0.3, 0.4) is 0 Å². The summed E-state index contributed by atoms with van der Waals surface area (Å²) in [7, 11) is -1.07. The summed E-state index contributed by atoms with van der Waals surface area (Å²) in [5.74, 6) is 0.136. The van der Waals surface area contributed by atoms with Crippen molar-refractivity contribution in [3.8, 4) is 22.7 Å². The van der Waals surface area contributed by atoms with Crippen molar-refractivity contribution in [2.45, 2.75) is 19.2 Å². The van der Waals surface area contributed by atoms with Gasteiger partial charge in [0.1, 0.15) is 11.4 Å². The van der Waals surface area contributed by atoms with Crippen LogP contribution in [0, 0.1) is 0 Å². The quantitative estimate of drug-likeness (QED) is 0.357. The van der Waals surface area contributed by atoms with Gasteiger partial charge in [-0.15, -0.1) is 13.2 Å². The molecule has 0 unspecified atom stereocenters. The number of pyridine rings is 1. The van der Waals surface area contributed by atoms with Gasteiger partial charge in [-0.25, -0.2) is 13.4 Å². The molecule has 0 N–H and O–H groups in total. The molecule has 0 aliphatic carbocycles. The van der Waals surface area contributed by atoms with Crippen molar-refractivity contribution in [2.75, 3.05) is 31.1 Å². The molecule has 1 aromatic carbocycles. The van der Waals surface area contributed by atoms with E-state index in [-0.39, 0.29) is 17.3 Å². The van der Waals surface area contributed by atoms with Crippen LogP contribution in [0.5, 0.6) is 5.75 Å². The number of fused-ring (bicyclic) bond motifs is 1. The molecule has 8 nitrogen and oxygen atoms in total. The van der Waals surface area contributed by atoms with Gasteiger partial charge in [0.05, 0.1) is 29.1 Å². The van der Waals surface area contributed by atoms with Crippen LogP contribution in [0.1, 0.15) is 12.0 Å². The molecule has 1 aliphatic heterocycles. The summed E-state index contributed by atoms with van der Waals surface area (Å²) in [5.41, 5.74) is 3.96. The van der Waals surface area contributed by atoms with Crippen molar-refractivity contribution in [2.24, 2.45) is 7.05 Å². The van der Waals surface area contributed by atoms with E-state index in [4.69, 9.17) is 4.98 Å². The number of aryl methyl sites for hydroxylation is 2. The van der Waals surface area contributed by atoms with E-state index in [1.807, 2.05) is 36.1 Å². The highest BCUT2D eigenvalue weighted by molar-refractivity contribution is 7.91. The molecule has 3 aromatic heterocycles. The third-order valence-electron chi connectivity index (χ3n) is 6.44. The molecule has 196 valence electrons. The lowest BCUT2D eigenvalue weighted by atomic mass is 10.1. The lowest BCUT2D eigenvalue weighted by molar-refractivity contribution is -0.274. The zero-order chi connectivity index (χ0) is 26.2. The summed E-state index contributed by atoms with van der Waals surface area (Å²) in [4.78, 5) is 7.04. The van der Waals surface area contributed by atoms with Gasteiger partial charge >= 0.3 is 6.36 Å². The SMILES string of the molecule is Cn1cc(-n2cc(CCCN3CCS(=O)(=O)CC3)c3ccc(-c4ccc(OC(F)(F)F)cc4)nc32)cn1. The van der Waals surface area contributed by atoms with Crippen molar-refractivity contribution in [1.29, 1.82) is 0 Å². The van der Waals surface area contributed by atoms with Gasteiger partial charge in [-0.2, -0.15) is 5.10 Å². The zero-order valence-electron chi connectivity index (χ0n) is 20.1. The second kappa shape index (κ2) is 9.82. The Kier molecular flexibility index (Phi) is 6.71. The fourth-order valence-electron chi connectivity index (χ4n) is 4.55.